The maximum Gasteiger partial charge on any atom is 0.408 e. The van der Waals surface area contributed by atoms with Gasteiger partial charge in [-0.1, -0.05) is 6.07 Å². The molecule has 0 saturated carbocycles. The molecule has 1 atom stereocenters. The Balaban J connectivity index is 1.45. The summed E-state index contributed by atoms with van der Waals surface area (Å²) in [6, 6.07) is 5.00. The van der Waals surface area contributed by atoms with Crippen LogP contribution >= 0.6 is 0 Å². The quantitative estimate of drug-likeness (QED) is 0.791. The molecule has 0 radical (unpaired) electrons. The first kappa shape index (κ1) is 21.1. The van der Waals surface area contributed by atoms with Crippen LogP contribution in [-0.4, -0.2) is 63.5 Å². The summed E-state index contributed by atoms with van der Waals surface area (Å²) in [4.78, 5) is 33.2. The van der Waals surface area contributed by atoms with Gasteiger partial charge in [0.25, 0.3) is 5.91 Å². The van der Waals surface area contributed by atoms with Crippen molar-refractivity contribution in [3.05, 3.63) is 35.9 Å². The molecule has 0 bridgehead atoms. The van der Waals surface area contributed by atoms with Gasteiger partial charge in [0.05, 0.1) is 18.8 Å². The zero-order valence-electron chi connectivity index (χ0n) is 18.3. The molecule has 2 amide bonds. The monoisotopic (exact) mass is 428 g/mol. The van der Waals surface area contributed by atoms with Gasteiger partial charge in [0.1, 0.15) is 36.2 Å². The van der Waals surface area contributed by atoms with E-state index in [1.165, 1.54) is 4.90 Å². The number of carbonyl (C=O) groups excluding carboxylic acids is 2. The van der Waals surface area contributed by atoms with E-state index in [9.17, 15) is 9.59 Å². The Bertz CT molecular complexity index is 982. The number of benzene rings is 1. The number of ether oxygens (including phenoxy) is 2. The standard InChI is InChI=1S/C21H28N6O4/c1-21(2,3)31-20(29)24-15-12-30-17-6-5-14(9-16(17)25(4)19(15)28)10-26-7-8-27-18(11-26)22-13-23-27/h5-6,9,13,15H,7-8,10-12H2,1-4H3,(H,24,29). The van der Waals surface area contributed by atoms with Crippen LogP contribution < -0.4 is 15.0 Å². The Labute approximate surface area is 181 Å². The number of amides is 2. The maximum atomic E-state index is 13.0. The van der Waals surface area contributed by atoms with Crippen LogP contribution in [0.15, 0.2) is 24.5 Å². The van der Waals surface area contributed by atoms with Crippen LogP contribution in [0, 0.1) is 0 Å². The Morgan fingerprint density at radius 1 is 1.32 bits per heavy atom. The zero-order valence-corrected chi connectivity index (χ0v) is 18.3. The van der Waals surface area contributed by atoms with Crippen LogP contribution in [0.25, 0.3) is 0 Å². The van der Waals surface area contributed by atoms with Crippen LogP contribution in [0.3, 0.4) is 0 Å². The van der Waals surface area contributed by atoms with E-state index in [0.29, 0.717) is 11.4 Å². The minimum absolute atomic E-state index is 0.0382. The lowest BCUT2D eigenvalue weighted by Gasteiger charge is -2.27. The van der Waals surface area contributed by atoms with Gasteiger partial charge < -0.3 is 19.7 Å². The molecule has 4 rings (SSSR count). The highest BCUT2D eigenvalue weighted by molar-refractivity contribution is 6.00. The van der Waals surface area contributed by atoms with Crippen molar-refractivity contribution in [3.8, 4) is 5.75 Å². The predicted molar refractivity (Wildman–Crippen MR) is 113 cm³/mol. The molecule has 10 nitrogen and oxygen atoms in total. The lowest BCUT2D eigenvalue weighted by molar-refractivity contribution is -0.120. The number of rotatable bonds is 3. The van der Waals surface area contributed by atoms with Crippen molar-refractivity contribution in [2.24, 2.45) is 0 Å². The van der Waals surface area contributed by atoms with E-state index < -0.39 is 17.7 Å². The molecule has 1 aromatic carbocycles. The number of aromatic nitrogens is 3. The highest BCUT2D eigenvalue weighted by Crippen LogP contribution is 2.32. The fraction of sp³-hybridized carbons (Fsp3) is 0.524. The van der Waals surface area contributed by atoms with Crippen LogP contribution in [0.2, 0.25) is 0 Å². The second kappa shape index (κ2) is 8.18. The largest absolute Gasteiger partial charge is 0.489 e. The molecule has 2 aliphatic heterocycles. The minimum atomic E-state index is -0.829. The van der Waals surface area contributed by atoms with Gasteiger partial charge in [-0.25, -0.2) is 14.5 Å². The summed E-state index contributed by atoms with van der Waals surface area (Å²) >= 11 is 0. The molecule has 0 saturated heterocycles. The number of anilines is 1. The number of carbonyl (C=O) groups is 2. The van der Waals surface area contributed by atoms with Gasteiger partial charge in [-0.2, -0.15) is 5.10 Å². The third-order valence-electron chi connectivity index (χ3n) is 5.20. The second-order valence-corrected chi connectivity index (χ2v) is 8.82. The fourth-order valence-corrected chi connectivity index (χ4v) is 3.70. The van der Waals surface area contributed by atoms with E-state index >= 15 is 0 Å². The van der Waals surface area contributed by atoms with Gasteiger partial charge in [0.15, 0.2) is 0 Å². The third-order valence-corrected chi connectivity index (χ3v) is 5.20. The van der Waals surface area contributed by atoms with Crippen molar-refractivity contribution in [2.75, 3.05) is 25.1 Å². The Morgan fingerprint density at radius 3 is 2.90 bits per heavy atom. The maximum absolute atomic E-state index is 13.0. The molecular formula is C21H28N6O4. The topological polar surface area (TPSA) is 102 Å². The molecular weight excluding hydrogens is 400 g/mol. The molecule has 1 N–H and O–H groups in total. The molecule has 10 heteroatoms. The number of hydrogen-bond acceptors (Lipinski definition) is 7. The first-order chi connectivity index (χ1) is 14.7. The molecule has 1 unspecified atom stereocenters. The third kappa shape index (κ3) is 4.79. The normalized spacial score (nSPS) is 19.2. The van der Waals surface area contributed by atoms with E-state index in [1.54, 1.807) is 34.1 Å². The first-order valence-corrected chi connectivity index (χ1v) is 10.3. The number of hydrogen-bond donors (Lipinski definition) is 1. The predicted octanol–water partition coefficient (Wildman–Crippen LogP) is 1.54. The minimum Gasteiger partial charge on any atom is -0.489 e. The SMILES string of the molecule is CN1C(=O)C(NC(=O)OC(C)(C)C)COc2ccc(CN3CCn4ncnc4C3)cc21. The van der Waals surface area contributed by atoms with Gasteiger partial charge in [0, 0.05) is 20.1 Å². The highest BCUT2D eigenvalue weighted by Gasteiger charge is 2.32. The Kier molecular flexibility index (Phi) is 5.57. The molecule has 0 spiro atoms. The summed E-state index contributed by atoms with van der Waals surface area (Å²) in [5.74, 6) is 1.30. The molecule has 166 valence electrons. The van der Waals surface area contributed by atoms with Gasteiger partial charge in [-0.05, 0) is 38.5 Å². The van der Waals surface area contributed by atoms with Crippen molar-refractivity contribution >= 4 is 17.7 Å². The average Bonchev–Trinajstić information content (AvgIpc) is 3.13. The van der Waals surface area contributed by atoms with Crippen LogP contribution in [0.5, 0.6) is 5.75 Å². The molecule has 1 aromatic heterocycles. The number of nitrogens with zero attached hydrogens (tertiary/aromatic N) is 5. The number of alkyl carbamates (subject to hydrolysis) is 1. The van der Waals surface area contributed by atoms with E-state index in [4.69, 9.17) is 9.47 Å². The van der Waals surface area contributed by atoms with Crippen molar-refractivity contribution in [2.45, 2.75) is 52.0 Å². The second-order valence-electron chi connectivity index (χ2n) is 8.82. The van der Waals surface area contributed by atoms with Crippen molar-refractivity contribution in [1.29, 1.82) is 0 Å². The van der Waals surface area contributed by atoms with E-state index in [-0.39, 0.29) is 12.5 Å². The summed E-state index contributed by atoms with van der Waals surface area (Å²) in [7, 11) is 1.69. The van der Waals surface area contributed by atoms with Crippen molar-refractivity contribution in [1.82, 2.24) is 25.0 Å². The lowest BCUT2D eigenvalue weighted by Crippen LogP contribution is -2.50. The zero-order chi connectivity index (χ0) is 22.2. The van der Waals surface area contributed by atoms with E-state index in [0.717, 1.165) is 37.6 Å². The summed E-state index contributed by atoms with van der Waals surface area (Å²) in [5, 5.41) is 6.83. The first-order valence-electron chi connectivity index (χ1n) is 10.3. The number of nitrogens with one attached hydrogen (secondary N) is 1. The Morgan fingerprint density at radius 2 is 2.13 bits per heavy atom. The van der Waals surface area contributed by atoms with Crippen LogP contribution in [0.4, 0.5) is 10.5 Å². The smallest absolute Gasteiger partial charge is 0.408 e. The number of likely N-dealkylation sites (N-methyl/N-ethyl adjacent to an activating group) is 1. The van der Waals surface area contributed by atoms with Crippen molar-refractivity contribution < 1.29 is 19.1 Å². The van der Waals surface area contributed by atoms with E-state index in [1.807, 2.05) is 22.9 Å². The summed E-state index contributed by atoms with van der Waals surface area (Å²) in [6.07, 6.45) is 0.938. The molecule has 2 aromatic rings. The Hall–Kier alpha value is -3.14. The lowest BCUT2D eigenvalue weighted by atomic mass is 10.1. The van der Waals surface area contributed by atoms with Gasteiger partial charge in [0.2, 0.25) is 0 Å². The molecule has 2 aliphatic rings. The molecule has 3 heterocycles. The highest BCUT2D eigenvalue weighted by atomic mass is 16.6. The fourth-order valence-electron chi connectivity index (χ4n) is 3.70. The summed E-state index contributed by atoms with van der Waals surface area (Å²) in [6.45, 7) is 8.48. The summed E-state index contributed by atoms with van der Waals surface area (Å²) in [5.41, 5.74) is 1.09. The average molecular weight is 428 g/mol. The van der Waals surface area contributed by atoms with Gasteiger partial charge in [-0.3, -0.25) is 9.69 Å². The van der Waals surface area contributed by atoms with E-state index in [2.05, 4.69) is 20.3 Å². The van der Waals surface area contributed by atoms with Crippen LogP contribution in [0.1, 0.15) is 32.2 Å². The number of fused-ring (bicyclic) bond motifs is 2. The molecule has 0 fully saturated rings. The summed E-state index contributed by atoms with van der Waals surface area (Å²) < 4.78 is 13.0. The molecule has 0 aliphatic carbocycles. The molecule has 31 heavy (non-hydrogen) atoms. The van der Waals surface area contributed by atoms with Crippen molar-refractivity contribution in [3.63, 3.8) is 0 Å². The van der Waals surface area contributed by atoms with Gasteiger partial charge >= 0.3 is 6.09 Å². The van der Waals surface area contributed by atoms with Crippen LogP contribution in [-0.2, 0) is 29.2 Å². The van der Waals surface area contributed by atoms with Gasteiger partial charge in [-0.15, -0.1) is 0 Å².